The van der Waals surface area contributed by atoms with Crippen molar-refractivity contribution in [3.05, 3.63) is 29.3 Å². The van der Waals surface area contributed by atoms with Gasteiger partial charge in [0.15, 0.2) is 0 Å². The van der Waals surface area contributed by atoms with Gasteiger partial charge in [-0.1, -0.05) is 23.7 Å². The van der Waals surface area contributed by atoms with Gasteiger partial charge >= 0.3 is 0 Å². The van der Waals surface area contributed by atoms with Gasteiger partial charge in [0.25, 0.3) is 0 Å². The van der Waals surface area contributed by atoms with Crippen molar-refractivity contribution in [3.63, 3.8) is 0 Å². The molecule has 17 heavy (non-hydrogen) atoms. The van der Waals surface area contributed by atoms with Gasteiger partial charge in [-0.3, -0.25) is 4.79 Å². The zero-order chi connectivity index (χ0) is 12.8. The van der Waals surface area contributed by atoms with Crippen LogP contribution in [0.25, 0.3) is 0 Å². The number of benzene rings is 1. The summed E-state index contributed by atoms with van der Waals surface area (Å²) < 4.78 is 0. The number of rotatable bonds is 5. The van der Waals surface area contributed by atoms with Gasteiger partial charge in [-0.05, 0) is 19.1 Å². The van der Waals surface area contributed by atoms with Crippen LogP contribution in [0.3, 0.4) is 0 Å². The van der Waals surface area contributed by atoms with Gasteiger partial charge in [0.2, 0.25) is 5.91 Å². The Bertz CT molecular complexity index is 387. The fraction of sp³-hybridized carbons (Fsp3) is 0.417. The molecule has 0 heterocycles. The smallest absolute Gasteiger partial charge is 0.232 e. The van der Waals surface area contributed by atoms with E-state index in [0.717, 1.165) is 4.90 Å². The molecule has 0 aliphatic heterocycles. The van der Waals surface area contributed by atoms with Crippen molar-refractivity contribution in [2.75, 3.05) is 19.3 Å². The number of likely N-dealkylation sites (N-methyl/N-ethyl adjacent to an activating group) is 1. The summed E-state index contributed by atoms with van der Waals surface area (Å²) >= 11 is 7.46. The molecule has 0 fully saturated rings. The standard InChI is InChI=1S/C12H17ClN2OS/c1-9(7-14)15(2)12(16)8-17-11-6-4-3-5-10(11)13/h3-6,9H,7-8,14H2,1-2H3. The molecular formula is C12H17ClN2OS. The van der Waals surface area contributed by atoms with Gasteiger partial charge in [-0.25, -0.2) is 0 Å². The molecule has 1 aromatic rings. The second kappa shape index (κ2) is 6.89. The van der Waals surface area contributed by atoms with E-state index in [0.29, 0.717) is 17.3 Å². The first kappa shape index (κ1) is 14.4. The fourth-order valence-corrected chi connectivity index (χ4v) is 2.37. The van der Waals surface area contributed by atoms with Crippen LogP contribution < -0.4 is 5.73 Å². The van der Waals surface area contributed by atoms with Crippen molar-refractivity contribution >= 4 is 29.3 Å². The molecule has 2 N–H and O–H groups in total. The molecule has 0 aromatic heterocycles. The highest BCUT2D eigenvalue weighted by atomic mass is 35.5. The number of carbonyl (C=O) groups excluding carboxylic acids is 1. The Morgan fingerprint density at radius 1 is 1.53 bits per heavy atom. The number of carbonyl (C=O) groups is 1. The minimum atomic E-state index is 0.0628. The van der Waals surface area contributed by atoms with E-state index >= 15 is 0 Å². The van der Waals surface area contributed by atoms with E-state index in [2.05, 4.69) is 0 Å². The maximum Gasteiger partial charge on any atom is 0.232 e. The Kier molecular flexibility index (Phi) is 5.82. The maximum atomic E-state index is 11.8. The molecule has 1 amide bonds. The molecule has 1 unspecified atom stereocenters. The lowest BCUT2D eigenvalue weighted by atomic mass is 10.3. The third-order valence-electron chi connectivity index (χ3n) is 2.58. The predicted octanol–water partition coefficient (Wildman–Crippen LogP) is 2.24. The van der Waals surface area contributed by atoms with Crippen LogP contribution in [0.15, 0.2) is 29.2 Å². The van der Waals surface area contributed by atoms with E-state index in [-0.39, 0.29) is 11.9 Å². The van der Waals surface area contributed by atoms with Crippen molar-refractivity contribution in [3.8, 4) is 0 Å². The molecule has 0 saturated carbocycles. The first-order valence-corrected chi connectivity index (χ1v) is 6.75. The second-order valence-corrected chi connectivity index (χ2v) is 5.23. The van der Waals surface area contributed by atoms with Crippen molar-refractivity contribution in [2.45, 2.75) is 17.9 Å². The molecule has 0 aliphatic carbocycles. The van der Waals surface area contributed by atoms with Gasteiger partial charge in [0.1, 0.15) is 0 Å². The van der Waals surface area contributed by atoms with Gasteiger partial charge in [-0.2, -0.15) is 0 Å². The Morgan fingerprint density at radius 2 is 2.18 bits per heavy atom. The average Bonchev–Trinajstić information content (AvgIpc) is 2.35. The zero-order valence-corrected chi connectivity index (χ0v) is 11.6. The number of nitrogens with zero attached hydrogens (tertiary/aromatic N) is 1. The molecule has 1 atom stereocenters. The molecule has 94 valence electrons. The number of nitrogens with two attached hydrogens (primary N) is 1. The first-order valence-electron chi connectivity index (χ1n) is 5.39. The first-order chi connectivity index (χ1) is 8.06. The maximum absolute atomic E-state index is 11.8. The summed E-state index contributed by atoms with van der Waals surface area (Å²) in [5, 5.41) is 0.680. The Balaban J connectivity index is 2.51. The van der Waals surface area contributed by atoms with Crippen LogP contribution in [0.5, 0.6) is 0 Å². The summed E-state index contributed by atoms with van der Waals surface area (Å²) in [5.74, 6) is 0.442. The van der Waals surface area contributed by atoms with E-state index in [1.807, 2.05) is 31.2 Å². The van der Waals surface area contributed by atoms with E-state index < -0.39 is 0 Å². The third kappa shape index (κ3) is 4.22. The lowest BCUT2D eigenvalue weighted by molar-refractivity contribution is -0.128. The molecule has 0 radical (unpaired) electrons. The second-order valence-electron chi connectivity index (χ2n) is 3.81. The number of hydrogen-bond acceptors (Lipinski definition) is 3. The Hall–Kier alpha value is -0.710. The topological polar surface area (TPSA) is 46.3 Å². The monoisotopic (exact) mass is 272 g/mol. The molecule has 0 spiro atoms. The number of amides is 1. The largest absolute Gasteiger partial charge is 0.341 e. The van der Waals surface area contributed by atoms with Crippen LogP contribution in [0, 0.1) is 0 Å². The molecule has 3 nitrogen and oxygen atoms in total. The fourth-order valence-electron chi connectivity index (χ4n) is 1.21. The van der Waals surface area contributed by atoms with Crippen molar-refractivity contribution in [2.24, 2.45) is 5.73 Å². The molecular weight excluding hydrogens is 256 g/mol. The van der Waals surface area contributed by atoms with Gasteiger partial charge < -0.3 is 10.6 Å². The van der Waals surface area contributed by atoms with Crippen LogP contribution in [-0.2, 0) is 4.79 Å². The molecule has 0 saturated heterocycles. The van der Waals surface area contributed by atoms with E-state index in [1.54, 1.807) is 11.9 Å². The van der Waals surface area contributed by atoms with Crippen LogP contribution in [-0.4, -0.2) is 36.2 Å². The summed E-state index contributed by atoms with van der Waals surface area (Å²) in [6, 6.07) is 7.57. The number of hydrogen-bond donors (Lipinski definition) is 1. The molecule has 0 aliphatic rings. The SMILES string of the molecule is CC(CN)N(C)C(=O)CSc1ccccc1Cl. The summed E-state index contributed by atoms with van der Waals surface area (Å²) in [5.41, 5.74) is 5.52. The van der Waals surface area contributed by atoms with E-state index in [4.69, 9.17) is 17.3 Å². The van der Waals surface area contributed by atoms with Crippen molar-refractivity contribution < 1.29 is 4.79 Å². The average molecular weight is 273 g/mol. The number of thioether (sulfide) groups is 1. The highest BCUT2D eigenvalue weighted by molar-refractivity contribution is 8.00. The third-order valence-corrected chi connectivity index (χ3v) is 4.08. The van der Waals surface area contributed by atoms with E-state index in [1.165, 1.54) is 11.8 Å². The zero-order valence-electron chi connectivity index (χ0n) is 10.0. The molecule has 1 rings (SSSR count). The highest BCUT2D eigenvalue weighted by Crippen LogP contribution is 2.26. The lowest BCUT2D eigenvalue weighted by Crippen LogP contribution is -2.40. The van der Waals surface area contributed by atoms with Crippen molar-refractivity contribution in [1.29, 1.82) is 0 Å². The Labute approximate surface area is 111 Å². The molecule has 0 bridgehead atoms. The summed E-state index contributed by atoms with van der Waals surface area (Å²) in [6.07, 6.45) is 0. The summed E-state index contributed by atoms with van der Waals surface area (Å²) in [4.78, 5) is 14.4. The minimum absolute atomic E-state index is 0.0628. The summed E-state index contributed by atoms with van der Waals surface area (Å²) in [7, 11) is 1.77. The quantitative estimate of drug-likeness (QED) is 0.836. The van der Waals surface area contributed by atoms with Crippen LogP contribution in [0.4, 0.5) is 0 Å². The predicted molar refractivity (Wildman–Crippen MR) is 73.5 cm³/mol. The van der Waals surface area contributed by atoms with E-state index in [9.17, 15) is 4.79 Å². The summed E-state index contributed by atoms with van der Waals surface area (Å²) in [6.45, 7) is 2.40. The minimum Gasteiger partial charge on any atom is -0.341 e. The lowest BCUT2D eigenvalue weighted by Gasteiger charge is -2.23. The molecule has 1 aromatic carbocycles. The normalized spacial score (nSPS) is 12.2. The van der Waals surface area contributed by atoms with Crippen LogP contribution in [0.2, 0.25) is 5.02 Å². The van der Waals surface area contributed by atoms with Gasteiger partial charge in [0.05, 0.1) is 10.8 Å². The Morgan fingerprint density at radius 3 is 2.76 bits per heavy atom. The van der Waals surface area contributed by atoms with Gasteiger partial charge in [0, 0.05) is 24.5 Å². The van der Waals surface area contributed by atoms with Crippen LogP contribution >= 0.6 is 23.4 Å². The van der Waals surface area contributed by atoms with Crippen LogP contribution in [0.1, 0.15) is 6.92 Å². The van der Waals surface area contributed by atoms with Gasteiger partial charge in [-0.15, -0.1) is 11.8 Å². The highest BCUT2D eigenvalue weighted by Gasteiger charge is 2.14. The molecule has 5 heteroatoms. The van der Waals surface area contributed by atoms with Crippen molar-refractivity contribution in [1.82, 2.24) is 4.90 Å². The number of halogens is 1.